The van der Waals surface area contributed by atoms with E-state index in [1.165, 1.54) is 31.8 Å². The molecule has 0 radical (unpaired) electrons. The van der Waals surface area contributed by atoms with Gasteiger partial charge in [-0.15, -0.1) is 6.58 Å². The topological polar surface area (TPSA) is 6.48 Å². The number of quaternary nitrogens is 1. The minimum Gasteiger partial charge on any atom is -0.368 e. The van der Waals surface area contributed by atoms with Crippen LogP contribution in [0.3, 0.4) is 0 Å². The molecule has 0 aliphatic carbocycles. The summed E-state index contributed by atoms with van der Waals surface area (Å²) < 4.78 is 1.09. The van der Waals surface area contributed by atoms with E-state index in [4.69, 9.17) is 0 Å². The Balaban J connectivity index is 1.95. The first-order valence-electron chi connectivity index (χ1n) is 8.46. The van der Waals surface area contributed by atoms with Gasteiger partial charge in [0.15, 0.2) is 0 Å². The predicted molar refractivity (Wildman–Crippen MR) is 91.1 cm³/mol. The lowest BCUT2D eigenvalue weighted by Gasteiger charge is -2.42. The van der Waals surface area contributed by atoms with E-state index in [1.807, 2.05) is 0 Å². The molecule has 21 heavy (non-hydrogen) atoms. The van der Waals surface area contributed by atoms with E-state index in [2.05, 4.69) is 57.0 Å². The summed E-state index contributed by atoms with van der Waals surface area (Å²) in [6.07, 6.45) is 4.49. The number of nitrogens with zero attached hydrogens (tertiary/aromatic N) is 3. The van der Waals surface area contributed by atoms with Crippen molar-refractivity contribution in [3.63, 3.8) is 0 Å². The van der Waals surface area contributed by atoms with Gasteiger partial charge >= 0.3 is 0 Å². The van der Waals surface area contributed by atoms with E-state index in [-0.39, 0.29) is 0 Å². The third-order valence-corrected chi connectivity index (χ3v) is 5.46. The van der Waals surface area contributed by atoms with Crippen molar-refractivity contribution in [1.29, 1.82) is 0 Å². The second-order valence-electron chi connectivity index (χ2n) is 7.71. The summed E-state index contributed by atoms with van der Waals surface area (Å²) in [5.41, 5.74) is 1.37. The Kier molecular flexibility index (Phi) is 5.15. The molecule has 0 amide bonds. The van der Waals surface area contributed by atoms with Crippen molar-refractivity contribution in [2.45, 2.75) is 38.8 Å². The first-order chi connectivity index (χ1) is 9.85. The summed E-state index contributed by atoms with van der Waals surface area (Å²) >= 11 is 0. The molecule has 2 fully saturated rings. The van der Waals surface area contributed by atoms with Crippen molar-refractivity contribution in [3.8, 4) is 0 Å². The van der Waals surface area contributed by atoms with Gasteiger partial charge in [0, 0.05) is 44.6 Å². The molecule has 0 aromatic carbocycles. The number of likely N-dealkylation sites (N-methyl/N-ethyl adjacent to an activating group) is 1. The monoisotopic (exact) mass is 292 g/mol. The molecule has 0 saturated carbocycles. The zero-order valence-electron chi connectivity index (χ0n) is 14.5. The van der Waals surface area contributed by atoms with Crippen LogP contribution in [-0.2, 0) is 0 Å². The lowest BCUT2D eigenvalue weighted by molar-refractivity contribution is -0.898. The van der Waals surface area contributed by atoms with E-state index in [0.29, 0.717) is 12.1 Å². The lowest BCUT2D eigenvalue weighted by atomic mass is 10.00. The molecule has 2 atom stereocenters. The van der Waals surface area contributed by atoms with Crippen molar-refractivity contribution in [2.75, 3.05) is 46.8 Å². The molecule has 2 aliphatic rings. The summed E-state index contributed by atoms with van der Waals surface area (Å²) in [4.78, 5) is 5.11. The fraction of sp³-hybridized carbons (Fsp3) is 0.778. The minimum atomic E-state index is 0.584. The highest BCUT2D eigenvalue weighted by Gasteiger charge is 2.43. The maximum Gasteiger partial charge on any atom is 0.129 e. The molecule has 2 rings (SSSR count). The average Bonchev–Trinajstić information content (AvgIpc) is 2.73. The van der Waals surface area contributed by atoms with Crippen LogP contribution >= 0.6 is 0 Å². The van der Waals surface area contributed by atoms with Gasteiger partial charge in [0.05, 0.1) is 26.3 Å². The average molecular weight is 292 g/mol. The number of piperazine rings is 1. The first-order valence-corrected chi connectivity index (χ1v) is 8.46. The smallest absolute Gasteiger partial charge is 0.129 e. The number of likely N-dealkylation sites (tertiary alicyclic amines) is 1. The van der Waals surface area contributed by atoms with Gasteiger partial charge in [0.1, 0.15) is 6.04 Å². The van der Waals surface area contributed by atoms with Crippen LogP contribution in [0.2, 0.25) is 0 Å². The summed E-state index contributed by atoms with van der Waals surface area (Å²) in [6.45, 7) is 18.9. The van der Waals surface area contributed by atoms with Gasteiger partial charge in [-0.2, -0.15) is 0 Å². The molecule has 0 aromatic rings. The molecular weight excluding hydrogens is 258 g/mol. The summed E-state index contributed by atoms with van der Waals surface area (Å²) in [5.74, 6) is 0.774. The summed E-state index contributed by atoms with van der Waals surface area (Å²) in [6, 6.07) is 1.25. The Bertz CT molecular complexity index is 378. The molecule has 120 valence electrons. The lowest BCUT2D eigenvalue weighted by Crippen LogP contribution is -2.53. The van der Waals surface area contributed by atoms with Crippen LogP contribution in [0.15, 0.2) is 24.9 Å². The fourth-order valence-electron chi connectivity index (χ4n) is 4.15. The van der Waals surface area contributed by atoms with Gasteiger partial charge in [0.2, 0.25) is 0 Å². The van der Waals surface area contributed by atoms with Gasteiger partial charge in [-0.05, 0) is 20.3 Å². The molecule has 0 aromatic heterocycles. The van der Waals surface area contributed by atoms with Crippen LogP contribution in [0.4, 0.5) is 0 Å². The highest BCUT2D eigenvalue weighted by Crippen LogP contribution is 2.35. The Hall–Kier alpha value is -0.800. The first kappa shape index (κ1) is 16.6. The van der Waals surface area contributed by atoms with Gasteiger partial charge in [0.25, 0.3) is 0 Å². The number of hydrogen-bond donors (Lipinski definition) is 0. The SMILES string of the molecule is C=CC[C@@H]1C[C@@H](C(=C)N2CCN(C(C)C)CC2)[N+](C)(C)C1. The van der Waals surface area contributed by atoms with Crippen LogP contribution in [-0.4, -0.2) is 73.2 Å². The second-order valence-corrected chi connectivity index (χ2v) is 7.71. The normalized spacial score (nSPS) is 29.9. The van der Waals surface area contributed by atoms with Crippen LogP contribution in [0.25, 0.3) is 0 Å². The zero-order chi connectivity index (χ0) is 15.6. The van der Waals surface area contributed by atoms with Gasteiger partial charge in [-0.1, -0.05) is 12.7 Å². The Morgan fingerprint density at radius 3 is 2.38 bits per heavy atom. The van der Waals surface area contributed by atoms with Gasteiger partial charge in [-0.25, -0.2) is 0 Å². The van der Waals surface area contributed by atoms with Crippen molar-refractivity contribution < 1.29 is 4.48 Å². The molecule has 2 saturated heterocycles. The molecule has 2 aliphatic heterocycles. The van der Waals surface area contributed by atoms with Crippen molar-refractivity contribution in [2.24, 2.45) is 5.92 Å². The van der Waals surface area contributed by atoms with E-state index < -0.39 is 0 Å². The standard InChI is InChI=1S/C18H34N3/c1-7-8-17-13-18(21(5,6)14-17)16(4)20-11-9-19(10-12-20)15(2)3/h7,15,17-18H,1,4,8-14H2,2-3,5-6H3/q+1/t17-,18+/m1/s1. The quantitative estimate of drug-likeness (QED) is 0.568. The van der Waals surface area contributed by atoms with E-state index in [1.54, 1.807) is 0 Å². The summed E-state index contributed by atoms with van der Waals surface area (Å²) in [7, 11) is 4.73. The second kappa shape index (κ2) is 6.53. The Morgan fingerprint density at radius 2 is 1.86 bits per heavy atom. The van der Waals surface area contributed by atoms with E-state index >= 15 is 0 Å². The molecule has 0 N–H and O–H groups in total. The van der Waals surface area contributed by atoms with Gasteiger partial charge < -0.3 is 9.38 Å². The molecule has 0 unspecified atom stereocenters. The van der Waals surface area contributed by atoms with Crippen molar-refractivity contribution in [3.05, 3.63) is 24.9 Å². The van der Waals surface area contributed by atoms with Crippen molar-refractivity contribution in [1.82, 2.24) is 9.80 Å². The maximum atomic E-state index is 4.49. The van der Waals surface area contributed by atoms with E-state index in [0.717, 1.165) is 29.9 Å². The Labute approximate surface area is 131 Å². The maximum absolute atomic E-state index is 4.49. The third kappa shape index (κ3) is 3.70. The molecule has 3 heteroatoms. The van der Waals surface area contributed by atoms with Crippen LogP contribution in [0.5, 0.6) is 0 Å². The molecule has 2 heterocycles. The van der Waals surface area contributed by atoms with Gasteiger partial charge in [-0.3, -0.25) is 4.90 Å². The minimum absolute atomic E-state index is 0.584. The molecule has 0 bridgehead atoms. The van der Waals surface area contributed by atoms with E-state index in [9.17, 15) is 0 Å². The Morgan fingerprint density at radius 1 is 1.24 bits per heavy atom. The van der Waals surface area contributed by atoms with Crippen LogP contribution in [0, 0.1) is 5.92 Å². The highest BCUT2D eigenvalue weighted by molar-refractivity contribution is 5.06. The third-order valence-electron chi connectivity index (χ3n) is 5.46. The number of allylic oxidation sites excluding steroid dienone is 1. The van der Waals surface area contributed by atoms with Crippen LogP contribution < -0.4 is 0 Å². The predicted octanol–water partition coefficient (Wildman–Crippen LogP) is 2.57. The molecule has 0 spiro atoms. The molecular formula is C18H34N3+. The van der Waals surface area contributed by atoms with Crippen LogP contribution in [0.1, 0.15) is 26.7 Å². The number of hydrogen-bond acceptors (Lipinski definition) is 2. The summed E-state index contributed by atoms with van der Waals surface area (Å²) in [5, 5.41) is 0. The largest absolute Gasteiger partial charge is 0.368 e. The zero-order valence-corrected chi connectivity index (χ0v) is 14.5. The fourth-order valence-corrected chi connectivity index (χ4v) is 4.15. The molecule has 3 nitrogen and oxygen atoms in total. The van der Waals surface area contributed by atoms with Crippen molar-refractivity contribution >= 4 is 0 Å². The highest BCUT2D eigenvalue weighted by atomic mass is 15.4. The number of rotatable bonds is 5.